The Morgan fingerprint density at radius 3 is 2.22 bits per heavy atom. The van der Waals surface area contributed by atoms with Crippen molar-refractivity contribution in [2.75, 3.05) is 32.4 Å². The fourth-order valence-corrected chi connectivity index (χ4v) is 4.68. The van der Waals surface area contributed by atoms with Crippen molar-refractivity contribution in [1.29, 1.82) is 0 Å². The van der Waals surface area contributed by atoms with Gasteiger partial charge in [0, 0.05) is 46.1 Å². The van der Waals surface area contributed by atoms with Crippen molar-refractivity contribution < 1.29 is 19.0 Å². The summed E-state index contributed by atoms with van der Waals surface area (Å²) in [6, 6.07) is 21.2. The molecule has 1 aromatic heterocycles. The molecule has 0 radical (unpaired) electrons. The van der Waals surface area contributed by atoms with Crippen LogP contribution in [0.4, 0.5) is 11.4 Å². The summed E-state index contributed by atoms with van der Waals surface area (Å²) in [7, 11) is 4.74. The lowest BCUT2D eigenvalue weighted by molar-refractivity contribution is -0.112. The molecule has 0 saturated heterocycles. The number of ether oxygens (including phenoxy) is 3. The summed E-state index contributed by atoms with van der Waals surface area (Å²) in [6.07, 6.45) is 1.77. The lowest BCUT2D eigenvalue weighted by atomic mass is 9.97. The van der Waals surface area contributed by atoms with Gasteiger partial charge in [0.05, 0.1) is 21.3 Å². The van der Waals surface area contributed by atoms with Crippen molar-refractivity contribution in [1.82, 2.24) is 0 Å². The SMILES string of the molecule is COc1cc(NCc2ccc(C=C(C(N)=O)c3cc(-c4cccs4)ccc3N)cc2)cc(OC)c1OC. The normalized spacial score (nSPS) is 11.2. The summed E-state index contributed by atoms with van der Waals surface area (Å²) in [4.78, 5) is 13.5. The fraction of sp³-hybridized carbons (Fsp3) is 0.138. The van der Waals surface area contributed by atoms with Gasteiger partial charge in [-0.05, 0) is 46.3 Å². The summed E-state index contributed by atoms with van der Waals surface area (Å²) in [5.74, 6) is 1.15. The number of methoxy groups -OCH3 is 3. The summed E-state index contributed by atoms with van der Waals surface area (Å²) in [6.45, 7) is 0.571. The smallest absolute Gasteiger partial charge is 0.249 e. The van der Waals surface area contributed by atoms with E-state index < -0.39 is 5.91 Å². The van der Waals surface area contributed by atoms with E-state index >= 15 is 0 Å². The second-order valence-electron chi connectivity index (χ2n) is 8.21. The Balaban J connectivity index is 1.54. The number of anilines is 2. The molecule has 4 rings (SSSR count). The number of nitrogens with two attached hydrogens (primary N) is 2. The molecule has 7 nitrogen and oxygen atoms in total. The van der Waals surface area contributed by atoms with Crippen LogP contribution in [0.2, 0.25) is 0 Å². The molecule has 1 amide bonds. The number of carbonyl (C=O) groups excluding carboxylic acids is 1. The monoisotopic (exact) mass is 515 g/mol. The van der Waals surface area contributed by atoms with E-state index in [0.29, 0.717) is 40.6 Å². The van der Waals surface area contributed by atoms with E-state index in [1.165, 1.54) is 0 Å². The van der Waals surface area contributed by atoms with Gasteiger partial charge in [0.15, 0.2) is 11.5 Å². The number of primary amides is 1. The number of rotatable bonds is 10. The van der Waals surface area contributed by atoms with E-state index in [1.807, 2.05) is 66.0 Å². The number of nitrogens with one attached hydrogen (secondary N) is 1. The number of hydrogen-bond donors (Lipinski definition) is 3. The zero-order valence-electron chi connectivity index (χ0n) is 20.9. The van der Waals surface area contributed by atoms with Crippen LogP contribution in [0.25, 0.3) is 22.1 Å². The van der Waals surface area contributed by atoms with Crippen molar-refractivity contribution in [3.05, 3.63) is 88.8 Å². The molecule has 0 atom stereocenters. The summed E-state index contributed by atoms with van der Waals surface area (Å²) < 4.78 is 16.2. The van der Waals surface area contributed by atoms with Crippen LogP contribution in [-0.4, -0.2) is 27.2 Å². The zero-order valence-corrected chi connectivity index (χ0v) is 21.7. The third-order valence-corrected chi connectivity index (χ3v) is 6.79. The second kappa shape index (κ2) is 11.5. The van der Waals surface area contributed by atoms with Crippen LogP contribution < -0.4 is 31.0 Å². The molecule has 1 heterocycles. The van der Waals surface area contributed by atoms with Crippen molar-refractivity contribution in [2.24, 2.45) is 5.73 Å². The van der Waals surface area contributed by atoms with Crippen molar-refractivity contribution in [2.45, 2.75) is 6.54 Å². The lowest BCUT2D eigenvalue weighted by Gasteiger charge is -2.15. The van der Waals surface area contributed by atoms with Crippen LogP contribution in [0.15, 0.2) is 72.1 Å². The molecule has 3 aromatic carbocycles. The third-order valence-electron chi connectivity index (χ3n) is 5.87. The number of amides is 1. The molecule has 0 aliphatic heterocycles. The summed E-state index contributed by atoms with van der Waals surface area (Å²) >= 11 is 1.62. The van der Waals surface area contributed by atoms with E-state index in [0.717, 1.165) is 27.3 Å². The molecule has 0 unspecified atom stereocenters. The quantitative estimate of drug-likeness (QED) is 0.143. The van der Waals surface area contributed by atoms with Gasteiger partial charge in [-0.1, -0.05) is 36.4 Å². The molecule has 0 bridgehead atoms. The number of thiophene rings is 1. The molecular weight excluding hydrogens is 486 g/mol. The Bertz CT molecular complexity index is 1390. The van der Waals surface area contributed by atoms with Gasteiger partial charge >= 0.3 is 0 Å². The lowest BCUT2D eigenvalue weighted by Crippen LogP contribution is -2.14. The highest BCUT2D eigenvalue weighted by Crippen LogP contribution is 2.40. The predicted molar refractivity (Wildman–Crippen MR) is 151 cm³/mol. The van der Waals surface area contributed by atoms with Gasteiger partial charge in [-0.15, -0.1) is 11.3 Å². The Labute approximate surface area is 220 Å². The first kappa shape index (κ1) is 25.7. The van der Waals surface area contributed by atoms with Crippen LogP contribution in [0, 0.1) is 0 Å². The molecule has 0 spiro atoms. The molecule has 0 fully saturated rings. The van der Waals surface area contributed by atoms with Crippen molar-refractivity contribution >= 4 is 40.3 Å². The molecule has 0 aliphatic rings. The summed E-state index contributed by atoms with van der Waals surface area (Å²) in [5, 5.41) is 5.38. The number of carbonyl (C=O) groups is 1. The van der Waals surface area contributed by atoms with Crippen molar-refractivity contribution in [3.63, 3.8) is 0 Å². The maximum atomic E-state index is 12.4. The molecule has 0 aliphatic carbocycles. The molecule has 8 heteroatoms. The molecule has 0 saturated carbocycles. The van der Waals surface area contributed by atoms with Gasteiger partial charge in [0.1, 0.15) is 0 Å². The molecule has 190 valence electrons. The van der Waals surface area contributed by atoms with E-state index in [2.05, 4.69) is 5.32 Å². The highest BCUT2D eigenvalue weighted by Gasteiger charge is 2.15. The van der Waals surface area contributed by atoms with E-state index in [9.17, 15) is 4.79 Å². The topological polar surface area (TPSA) is 109 Å². The first-order valence-corrected chi connectivity index (χ1v) is 12.4. The van der Waals surface area contributed by atoms with Crippen LogP contribution in [0.5, 0.6) is 17.2 Å². The Morgan fingerprint density at radius 2 is 1.65 bits per heavy atom. The minimum atomic E-state index is -0.539. The zero-order chi connectivity index (χ0) is 26.4. The van der Waals surface area contributed by atoms with Crippen LogP contribution in [-0.2, 0) is 11.3 Å². The predicted octanol–water partition coefficient (Wildman–Crippen LogP) is 5.66. The molecular formula is C29H29N3O4S. The highest BCUT2D eigenvalue weighted by molar-refractivity contribution is 7.13. The maximum absolute atomic E-state index is 12.4. The molecule has 4 aromatic rings. The minimum Gasteiger partial charge on any atom is -0.493 e. The first-order valence-electron chi connectivity index (χ1n) is 11.5. The van der Waals surface area contributed by atoms with Gasteiger partial charge in [0.25, 0.3) is 0 Å². The fourth-order valence-electron chi connectivity index (χ4n) is 3.95. The highest BCUT2D eigenvalue weighted by atomic mass is 32.1. The average Bonchev–Trinajstić information content (AvgIpc) is 3.46. The van der Waals surface area contributed by atoms with Crippen LogP contribution in [0.1, 0.15) is 16.7 Å². The van der Waals surface area contributed by atoms with Crippen LogP contribution >= 0.6 is 11.3 Å². The van der Waals surface area contributed by atoms with E-state index in [1.54, 1.807) is 44.8 Å². The Morgan fingerprint density at radius 1 is 0.946 bits per heavy atom. The largest absolute Gasteiger partial charge is 0.493 e. The maximum Gasteiger partial charge on any atom is 0.249 e. The van der Waals surface area contributed by atoms with Crippen LogP contribution in [0.3, 0.4) is 0 Å². The standard InChI is InChI=1S/C29H29N3O4S/c1-34-25-15-21(16-26(35-2)28(25)36-3)32-17-19-8-6-18(7-9-19)13-23(29(31)33)22-14-20(10-11-24(22)30)27-5-4-12-37-27/h4-16,32H,17,30H2,1-3H3,(H2,31,33). The van der Waals surface area contributed by atoms with E-state index in [4.69, 9.17) is 25.7 Å². The van der Waals surface area contributed by atoms with Crippen molar-refractivity contribution in [3.8, 4) is 27.7 Å². The Kier molecular flexibility index (Phi) is 8.00. The molecule has 5 N–H and O–H groups in total. The van der Waals surface area contributed by atoms with Gasteiger partial charge in [-0.2, -0.15) is 0 Å². The van der Waals surface area contributed by atoms with Gasteiger partial charge in [-0.25, -0.2) is 0 Å². The Hall–Kier alpha value is -4.43. The summed E-state index contributed by atoms with van der Waals surface area (Å²) in [5.41, 5.74) is 17.2. The third kappa shape index (κ3) is 5.87. The van der Waals surface area contributed by atoms with Gasteiger partial charge in [-0.3, -0.25) is 4.79 Å². The number of nitrogen functional groups attached to an aromatic ring is 1. The minimum absolute atomic E-state index is 0.360. The second-order valence-corrected chi connectivity index (χ2v) is 9.16. The van der Waals surface area contributed by atoms with E-state index in [-0.39, 0.29) is 0 Å². The number of hydrogen-bond acceptors (Lipinski definition) is 7. The van der Waals surface area contributed by atoms with Gasteiger partial charge in [0.2, 0.25) is 11.7 Å². The molecule has 37 heavy (non-hydrogen) atoms. The average molecular weight is 516 g/mol. The first-order chi connectivity index (χ1) is 17.9. The van der Waals surface area contributed by atoms with Gasteiger partial charge < -0.3 is 31.0 Å². The number of benzene rings is 3.